The molecule has 1 heterocycles. The predicted molar refractivity (Wildman–Crippen MR) is 91.9 cm³/mol. The van der Waals surface area contributed by atoms with E-state index < -0.39 is 0 Å². The van der Waals surface area contributed by atoms with E-state index in [1.54, 1.807) is 0 Å². The summed E-state index contributed by atoms with van der Waals surface area (Å²) in [6.45, 7) is 5.13. The fraction of sp³-hybridized carbons (Fsp3) is 0.438. The molecule has 0 saturated heterocycles. The molecule has 1 N–H and O–H groups in total. The van der Waals surface area contributed by atoms with Gasteiger partial charge in [0.25, 0.3) is 0 Å². The van der Waals surface area contributed by atoms with Gasteiger partial charge in [-0.1, -0.05) is 40.5 Å². The third kappa shape index (κ3) is 3.87. The van der Waals surface area contributed by atoms with Crippen molar-refractivity contribution in [3.05, 3.63) is 50.7 Å². The van der Waals surface area contributed by atoms with E-state index in [1.807, 2.05) is 19.2 Å². The van der Waals surface area contributed by atoms with Crippen molar-refractivity contribution in [3.63, 3.8) is 0 Å². The molecule has 0 aliphatic heterocycles. The van der Waals surface area contributed by atoms with E-state index in [1.165, 1.54) is 5.69 Å². The van der Waals surface area contributed by atoms with Gasteiger partial charge in [0, 0.05) is 16.0 Å². The van der Waals surface area contributed by atoms with E-state index in [2.05, 4.69) is 57.0 Å². The number of aromatic nitrogens is 2. The maximum atomic E-state index is 6.34. The van der Waals surface area contributed by atoms with Crippen LogP contribution in [0.4, 0.5) is 0 Å². The van der Waals surface area contributed by atoms with Gasteiger partial charge in [0.2, 0.25) is 0 Å². The van der Waals surface area contributed by atoms with Crippen molar-refractivity contribution in [2.24, 2.45) is 0 Å². The van der Waals surface area contributed by atoms with E-state index in [4.69, 9.17) is 11.6 Å². The number of aryl methyl sites for hydroxylation is 2. The minimum atomic E-state index is 0.205. The highest BCUT2D eigenvalue weighted by Crippen LogP contribution is 2.26. The SMILES string of the molecule is CCc1cc(C(Cc2ccc(Br)cc2Cl)NC)n(CC)n1. The lowest BCUT2D eigenvalue weighted by atomic mass is 10.0. The normalized spacial score (nSPS) is 12.6. The van der Waals surface area contributed by atoms with Crippen molar-refractivity contribution in [2.75, 3.05) is 7.05 Å². The largest absolute Gasteiger partial charge is 0.311 e. The first kappa shape index (κ1) is 16.5. The summed E-state index contributed by atoms with van der Waals surface area (Å²) in [4.78, 5) is 0. The van der Waals surface area contributed by atoms with Crippen LogP contribution in [0.15, 0.2) is 28.7 Å². The zero-order valence-electron chi connectivity index (χ0n) is 12.7. The summed E-state index contributed by atoms with van der Waals surface area (Å²) in [7, 11) is 1.98. The molecule has 1 unspecified atom stereocenters. The first-order valence-electron chi connectivity index (χ1n) is 7.26. The van der Waals surface area contributed by atoms with Gasteiger partial charge in [-0.3, -0.25) is 4.68 Å². The van der Waals surface area contributed by atoms with Crippen LogP contribution in [0.3, 0.4) is 0 Å². The molecule has 0 fully saturated rings. The summed E-state index contributed by atoms with van der Waals surface area (Å²) in [5, 5.41) is 8.81. The Morgan fingerprint density at radius 2 is 2.10 bits per heavy atom. The fourth-order valence-electron chi connectivity index (χ4n) is 2.46. The second-order valence-corrected chi connectivity index (χ2v) is 6.33. The molecule has 5 heteroatoms. The number of benzene rings is 1. The van der Waals surface area contributed by atoms with Gasteiger partial charge in [-0.2, -0.15) is 5.10 Å². The third-order valence-corrected chi connectivity index (χ3v) is 4.51. The molecule has 1 aromatic carbocycles. The molecule has 0 saturated carbocycles. The van der Waals surface area contributed by atoms with Crippen LogP contribution in [0.25, 0.3) is 0 Å². The Morgan fingerprint density at radius 3 is 2.67 bits per heavy atom. The number of halogens is 2. The maximum Gasteiger partial charge on any atom is 0.0625 e. The van der Waals surface area contributed by atoms with Gasteiger partial charge in [0.1, 0.15) is 0 Å². The number of nitrogens with one attached hydrogen (secondary N) is 1. The summed E-state index contributed by atoms with van der Waals surface area (Å²) < 4.78 is 3.08. The van der Waals surface area contributed by atoms with Crippen LogP contribution in [0.5, 0.6) is 0 Å². The Bertz CT molecular complexity index is 610. The van der Waals surface area contributed by atoms with E-state index >= 15 is 0 Å². The molecule has 2 aromatic rings. The van der Waals surface area contributed by atoms with E-state index in [9.17, 15) is 0 Å². The molecule has 0 spiro atoms. The smallest absolute Gasteiger partial charge is 0.0625 e. The topological polar surface area (TPSA) is 29.9 Å². The molecule has 1 aromatic heterocycles. The van der Waals surface area contributed by atoms with Crippen molar-refractivity contribution in [1.82, 2.24) is 15.1 Å². The second-order valence-electron chi connectivity index (χ2n) is 5.01. The number of rotatable bonds is 6. The molecular weight excluding hydrogens is 350 g/mol. The molecule has 0 bridgehead atoms. The monoisotopic (exact) mass is 369 g/mol. The highest BCUT2D eigenvalue weighted by molar-refractivity contribution is 9.10. The van der Waals surface area contributed by atoms with Crippen molar-refractivity contribution in [1.29, 1.82) is 0 Å². The van der Waals surface area contributed by atoms with Crippen LogP contribution >= 0.6 is 27.5 Å². The number of hydrogen-bond donors (Lipinski definition) is 1. The molecule has 0 radical (unpaired) electrons. The molecule has 21 heavy (non-hydrogen) atoms. The van der Waals surface area contributed by atoms with Gasteiger partial charge in [0.05, 0.1) is 17.4 Å². The Hall–Kier alpha value is -0.840. The van der Waals surface area contributed by atoms with Crippen molar-refractivity contribution < 1.29 is 0 Å². The predicted octanol–water partition coefficient (Wildman–Crippen LogP) is 4.38. The Labute approximate surface area is 139 Å². The summed E-state index contributed by atoms with van der Waals surface area (Å²) in [5.74, 6) is 0. The first-order valence-corrected chi connectivity index (χ1v) is 8.43. The summed E-state index contributed by atoms with van der Waals surface area (Å²) in [6, 6.07) is 8.44. The van der Waals surface area contributed by atoms with E-state index in [0.29, 0.717) is 0 Å². The third-order valence-electron chi connectivity index (χ3n) is 3.67. The molecule has 3 nitrogen and oxygen atoms in total. The second kappa shape index (κ2) is 7.43. The molecule has 0 aliphatic rings. The minimum absolute atomic E-state index is 0.205. The summed E-state index contributed by atoms with van der Waals surface area (Å²) in [5.41, 5.74) is 3.49. The zero-order chi connectivity index (χ0) is 15.4. The van der Waals surface area contributed by atoms with Crippen LogP contribution in [-0.4, -0.2) is 16.8 Å². The number of nitrogens with zero attached hydrogens (tertiary/aromatic N) is 2. The molecule has 0 aliphatic carbocycles. The lowest BCUT2D eigenvalue weighted by molar-refractivity contribution is 0.512. The van der Waals surface area contributed by atoms with Gasteiger partial charge in [-0.15, -0.1) is 0 Å². The number of likely N-dealkylation sites (N-methyl/N-ethyl adjacent to an activating group) is 1. The van der Waals surface area contributed by atoms with Crippen molar-refractivity contribution in [3.8, 4) is 0 Å². The fourth-order valence-corrected chi connectivity index (χ4v) is 3.21. The zero-order valence-corrected chi connectivity index (χ0v) is 15.0. The van der Waals surface area contributed by atoms with Crippen LogP contribution in [0.2, 0.25) is 5.02 Å². The standard InChI is InChI=1S/C16H21BrClN3/c1-4-13-10-16(21(5-2)20-13)15(19-3)8-11-6-7-12(17)9-14(11)18/h6-7,9-10,15,19H,4-5,8H2,1-3H3. The summed E-state index contributed by atoms with van der Waals surface area (Å²) >= 11 is 9.79. The Morgan fingerprint density at radius 1 is 1.33 bits per heavy atom. The highest BCUT2D eigenvalue weighted by Gasteiger charge is 2.17. The minimum Gasteiger partial charge on any atom is -0.311 e. The van der Waals surface area contributed by atoms with Gasteiger partial charge in [-0.25, -0.2) is 0 Å². The van der Waals surface area contributed by atoms with Gasteiger partial charge < -0.3 is 5.32 Å². The maximum absolute atomic E-state index is 6.34. The van der Waals surface area contributed by atoms with Gasteiger partial charge in [-0.05, 0) is 50.6 Å². The molecule has 114 valence electrons. The average Bonchev–Trinajstić information content (AvgIpc) is 2.90. The van der Waals surface area contributed by atoms with Crippen LogP contribution < -0.4 is 5.32 Å². The quantitative estimate of drug-likeness (QED) is 0.817. The molecular formula is C16H21BrClN3. The highest BCUT2D eigenvalue weighted by atomic mass is 79.9. The van der Waals surface area contributed by atoms with E-state index in [0.717, 1.165) is 40.1 Å². The average molecular weight is 371 g/mol. The lowest BCUT2D eigenvalue weighted by Gasteiger charge is -2.18. The van der Waals surface area contributed by atoms with Crippen LogP contribution in [0, 0.1) is 0 Å². The van der Waals surface area contributed by atoms with Crippen molar-refractivity contribution >= 4 is 27.5 Å². The van der Waals surface area contributed by atoms with Gasteiger partial charge >= 0.3 is 0 Å². The van der Waals surface area contributed by atoms with Gasteiger partial charge in [0.15, 0.2) is 0 Å². The molecule has 2 rings (SSSR count). The number of hydrogen-bond acceptors (Lipinski definition) is 2. The molecule has 1 atom stereocenters. The van der Waals surface area contributed by atoms with Crippen LogP contribution in [-0.2, 0) is 19.4 Å². The van der Waals surface area contributed by atoms with Crippen LogP contribution in [0.1, 0.15) is 36.8 Å². The van der Waals surface area contributed by atoms with E-state index in [-0.39, 0.29) is 6.04 Å². The lowest BCUT2D eigenvalue weighted by Crippen LogP contribution is -2.22. The first-order chi connectivity index (χ1) is 10.1. The Balaban J connectivity index is 2.29. The van der Waals surface area contributed by atoms with Crippen molar-refractivity contribution in [2.45, 2.75) is 39.3 Å². The molecule has 0 amide bonds. The Kier molecular flexibility index (Phi) is 5.85. The summed E-state index contributed by atoms with van der Waals surface area (Å²) in [6.07, 6.45) is 1.80.